The van der Waals surface area contributed by atoms with Crippen LogP contribution in [0.3, 0.4) is 0 Å². The van der Waals surface area contributed by atoms with Crippen molar-refractivity contribution in [2.24, 2.45) is 5.10 Å². The summed E-state index contributed by atoms with van der Waals surface area (Å²) in [5.41, 5.74) is 2.90. The highest BCUT2D eigenvalue weighted by Gasteiger charge is 2.04. The predicted molar refractivity (Wildman–Crippen MR) is 58.8 cm³/mol. The van der Waals surface area contributed by atoms with Crippen molar-refractivity contribution >= 4 is 11.8 Å². The van der Waals surface area contributed by atoms with Crippen LogP contribution in [0.4, 0.5) is 9.18 Å². The normalized spacial score (nSPS) is 11.1. The first-order valence-electron chi connectivity index (χ1n) is 4.87. The van der Waals surface area contributed by atoms with Crippen LogP contribution in [-0.4, -0.2) is 18.4 Å². The maximum absolute atomic E-state index is 13.3. The highest BCUT2D eigenvalue weighted by atomic mass is 19.1. The molecule has 0 bridgehead atoms. The third-order valence-corrected chi connectivity index (χ3v) is 1.85. The van der Waals surface area contributed by atoms with Crippen LogP contribution in [0.2, 0.25) is 0 Å². The summed E-state index contributed by atoms with van der Waals surface area (Å²) in [6.07, 6.45) is -0.654. The average Bonchev–Trinajstić information content (AvgIpc) is 2.27. The number of hydrogen-bond acceptors (Lipinski definition) is 3. The zero-order valence-electron chi connectivity index (χ0n) is 9.16. The lowest BCUT2D eigenvalue weighted by Crippen LogP contribution is -2.20. The van der Waals surface area contributed by atoms with Crippen molar-refractivity contribution in [3.05, 3.63) is 35.6 Å². The lowest BCUT2D eigenvalue weighted by Gasteiger charge is -2.03. The molecule has 0 spiro atoms. The van der Waals surface area contributed by atoms with Gasteiger partial charge >= 0.3 is 6.09 Å². The standard InChI is InChI=1S/C11H13FN2O2/c1-3-16-11(15)14-13-8(2)9-6-4-5-7-10(9)12/h4-7H,3H2,1-2H3,(H,14,15). The number of ether oxygens (including phenoxy) is 1. The van der Waals surface area contributed by atoms with E-state index in [9.17, 15) is 9.18 Å². The van der Waals surface area contributed by atoms with Gasteiger partial charge in [-0.3, -0.25) is 0 Å². The number of nitrogens with one attached hydrogen (secondary N) is 1. The second-order valence-corrected chi connectivity index (χ2v) is 3.01. The number of benzene rings is 1. The maximum Gasteiger partial charge on any atom is 0.427 e. The maximum atomic E-state index is 13.3. The van der Waals surface area contributed by atoms with E-state index in [4.69, 9.17) is 0 Å². The molecule has 16 heavy (non-hydrogen) atoms. The molecule has 0 aromatic heterocycles. The van der Waals surface area contributed by atoms with E-state index < -0.39 is 6.09 Å². The van der Waals surface area contributed by atoms with Crippen LogP contribution in [0, 0.1) is 5.82 Å². The number of hydrogen-bond donors (Lipinski definition) is 1. The smallest absolute Gasteiger partial charge is 0.427 e. The third-order valence-electron chi connectivity index (χ3n) is 1.85. The van der Waals surface area contributed by atoms with Gasteiger partial charge in [0.2, 0.25) is 0 Å². The van der Waals surface area contributed by atoms with Gasteiger partial charge in [0.05, 0.1) is 12.3 Å². The van der Waals surface area contributed by atoms with Gasteiger partial charge in [-0.1, -0.05) is 18.2 Å². The van der Waals surface area contributed by atoms with Gasteiger partial charge in [0, 0.05) is 5.56 Å². The van der Waals surface area contributed by atoms with E-state index in [1.165, 1.54) is 6.07 Å². The van der Waals surface area contributed by atoms with Crippen molar-refractivity contribution in [2.75, 3.05) is 6.61 Å². The third kappa shape index (κ3) is 3.34. The van der Waals surface area contributed by atoms with Crippen molar-refractivity contribution in [1.29, 1.82) is 0 Å². The van der Waals surface area contributed by atoms with Crippen LogP contribution < -0.4 is 5.43 Å². The Kier molecular flexibility index (Phi) is 4.44. The largest absolute Gasteiger partial charge is 0.449 e. The molecule has 0 radical (unpaired) electrons. The molecule has 1 rings (SSSR count). The van der Waals surface area contributed by atoms with Crippen molar-refractivity contribution in [3.8, 4) is 0 Å². The van der Waals surface area contributed by atoms with E-state index >= 15 is 0 Å². The van der Waals surface area contributed by atoms with E-state index in [0.29, 0.717) is 11.3 Å². The van der Waals surface area contributed by atoms with Crippen LogP contribution in [-0.2, 0) is 4.74 Å². The molecule has 1 aromatic rings. The fourth-order valence-electron chi connectivity index (χ4n) is 1.11. The zero-order valence-corrected chi connectivity index (χ0v) is 9.16. The lowest BCUT2D eigenvalue weighted by atomic mass is 10.1. The molecule has 0 unspecified atom stereocenters. The highest BCUT2D eigenvalue weighted by molar-refractivity contribution is 5.99. The molecule has 1 N–H and O–H groups in total. The molecule has 86 valence electrons. The van der Waals surface area contributed by atoms with Crippen molar-refractivity contribution in [2.45, 2.75) is 13.8 Å². The minimum Gasteiger partial charge on any atom is -0.449 e. The van der Waals surface area contributed by atoms with Gasteiger partial charge in [0.25, 0.3) is 0 Å². The highest BCUT2D eigenvalue weighted by Crippen LogP contribution is 2.07. The average molecular weight is 224 g/mol. The Morgan fingerprint density at radius 2 is 2.19 bits per heavy atom. The fraction of sp³-hybridized carbons (Fsp3) is 0.273. The molecule has 1 amide bonds. The molecule has 0 atom stereocenters. The molecule has 0 aliphatic rings. The molecule has 0 aliphatic heterocycles. The molecule has 1 aromatic carbocycles. The molecule has 5 heteroatoms. The topological polar surface area (TPSA) is 50.7 Å². The monoisotopic (exact) mass is 224 g/mol. The molecule has 0 aliphatic carbocycles. The van der Waals surface area contributed by atoms with E-state index in [2.05, 4.69) is 15.3 Å². The van der Waals surface area contributed by atoms with Crippen LogP contribution in [0.15, 0.2) is 29.4 Å². The number of halogens is 1. The summed E-state index contributed by atoms with van der Waals surface area (Å²) in [5, 5.41) is 3.73. The van der Waals surface area contributed by atoms with Crippen LogP contribution >= 0.6 is 0 Å². The summed E-state index contributed by atoms with van der Waals surface area (Å²) in [6.45, 7) is 3.55. The van der Waals surface area contributed by atoms with E-state index in [1.54, 1.807) is 32.0 Å². The minimum atomic E-state index is -0.654. The van der Waals surface area contributed by atoms with E-state index in [0.717, 1.165) is 0 Å². The molecule has 0 heterocycles. The molecular weight excluding hydrogens is 211 g/mol. The summed E-state index contributed by atoms with van der Waals surface area (Å²) in [7, 11) is 0. The summed E-state index contributed by atoms with van der Waals surface area (Å²) in [5.74, 6) is -0.380. The Balaban J connectivity index is 2.71. The van der Waals surface area contributed by atoms with Crippen LogP contribution in [0.25, 0.3) is 0 Å². The quantitative estimate of drug-likeness (QED) is 0.632. The Morgan fingerprint density at radius 1 is 1.50 bits per heavy atom. The first kappa shape index (κ1) is 12.2. The molecule has 4 nitrogen and oxygen atoms in total. The van der Waals surface area contributed by atoms with Crippen LogP contribution in [0.5, 0.6) is 0 Å². The molecular formula is C11H13FN2O2. The SMILES string of the molecule is CCOC(=O)NN=C(C)c1ccccc1F. The lowest BCUT2D eigenvalue weighted by molar-refractivity contribution is 0.152. The number of carbonyl (C=O) groups excluding carboxylic acids is 1. The van der Waals surface area contributed by atoms with Crippen molar-refractivity contribution in [1.82, 2.24) is 5.43 Å². The Bertz CT molecular complexity index is 405. The number of nitrogens with zero attached hydrogens (tertiary/aromatic N) is 1. The Labute approximate surface area is 93.1 Å². The second kappa shape index (κ2) is 5.85. The van der Waals surface area contributed by atoms with Gasteiger partial charge in [-0.15, -0.1) is 0 Å². The van der Waals surface area contributed by atoms with Gasteiger partial charge in [0.1, 0.15) is 5.82 Å². The Morgan fingerprint density at radius 3 is 2.81 bits per heavy atom. The summed E-state index contributed by atoms with van der Waals surface area (Å²) in [6, 6.07) is 6.20. The first-order chi connectivity index (χ1) is 7.65. The molecule has 0 saturated heterocycles. The zero-order chi connectivity index (χ0) is 12.0. The van der Waals surface area contributed by atoms with Gasteiger partial charge in [-0.25, -0.2) is 14.6 Å². The van der Waals surface area contributed by atoms with Gasteiger partial charge < -0.3 is 4.74 Å². The van der Waals surface area contributed by atoms with Gasteiger partial charge in [-0.05, 0) is 19.9 Å². The molecule has 0 saturated carbocycles. The Hall–Kier alpha value is -1.91. The van der Waals surface area contributed by atoms with Gasteiger partial charge in [-0.2, -0.15) is 5.10 Å². The fourth-order valence-corrected chi connectivity index (χ4v) is 1.11. The number of carbonyl (C=O) groups is 1. The second-order valence-electron chi connectivity index (χ2n) is 3.01. The summed E-state index contributed by atoms with van der Waals surface area (Å²) >= 11 is 0. The number of rotatable bonds is 3. The summed E-state index contributed by atoms with van der Waals surface area (Å²) in [4.78, 5) is 10.9. The van der Waals surface area contributed by atoms with E-state index in [1.807, 2.05) is 0 Å². The molecule has 0 fully saturated rings. The minimum absolute atomic E-state index is 0.264. The van der Waals surface area contributed by atoms with Crippen LogP contribution in [0.1, 0.15) is 19.4 Å². The van der Waals surface area contributed by atoms with Crippen molar-refractivity contribution in [3.63, 3.8) is 0 Å². The van der Waals surface area contributed by atoms with E-state index in [-0.39, 0.29) is 12.4 Å². The first-order valence-corrected chi connectivity index (χ1v) is 4.87. The summed E-state index contributed by atoms with van der Waals surface area (Å²) < 4.78 is 17.9. The van der Waals surface area contributed by atoms with Crippen molar-refractivity contribution < 1.29 is 13.9 Å². The van der Waals surface area contributed by atoms with Gasteiger partial charge in [0.15, 0.2) is 0 Å². The number of hydrazone groups is 1. The predicted octanol–water partition coefficient (Wildman–Crippen LogP) is 2.30. The number of amides is 1.